The van der Waals surface area contributed by atoms with E-state index in [1.165, 1.54) is 17.5 Å². The summed E-state index contributed by atoms with van der Waals surface area (Å²) >= 11 is 0. The molecule has 2 heterocycles. The van der Waals surface area contributed by atoms with E-state index in [1.54, 1.807) is 4.52 Å². The fourth-order valence-corrected chi connectivity index (χ4v) is 2.58. The molecule has 0 unspecified atom stereocenters. The second-order valence-corrected chi connectivity index (χ2v) is 6.39. The summed E-state index contributed by atoms with van der Waals surface area (Å²) in [5.74, 6) is 1.52. The first kappa shape index (κ1) is 16.4. The molecule has 2 aromatic heterocycles. The molecule has 126 valence electrons. The van der Waals surface area contributed by atoms with Crippen molar-refractivity contribution < 1.29 is 0 Å². The Kier molecular flexibility index (Phi) is 4.76. The van der Waals surface area contributed by atoms with E-state index in [9.17, 15) is 0 Å². The summed E-state index contributed by atoms with van der Waals surface area (Å²) < 4.78 is 1.73. The molecule has 0 aliphatic rings. The van der Waals surface area contributed by atoms with Crippen molar-refractivity contribution >= 4 is 11.6 Å². The molecular weight excluding hydrogens is 300 g/mol. The molecule has 3 rings (SSSR count). The average Bonchev–Trinajstić information content (AvgIpc) is 3.01. The molecule has 6 nitrogen and oxygen atoms in total. The Morgan fingerprint density at radius 2 is 1.96 bits per heavy atom. The van der Waals surface area contributed by atoms with Crippen LogP contribution in [0.25, 0.3) is 5.78 Å². The number of nitrogens with zero attached hydrogens (tertiary/aromatic N) is 5. The van der Waals surface area contributed by atoms with E-state index in [1.807, 2.05) is 13.0 Å². The summed E-state index contributed by atoms with van der Waals surface area (Å²) in [6, 6.07) is 11.0. The Hall–Kier alpha value is -2.47. The van der Waals surface area contributed by atoms with Gasteiger partial charge in [-0.1, -0.05) is 24.3 Å². The normalized spacial score (nSPS) is 11.6. The third-order valence-electron chi connectivity index (χ3n) is 4.26. The van der Waals surface area contributed by atoms with Crippen LogP contribution in [0, 0.1) is 6.92 Å². The number of hydrogen-bond acceptors (Lipinski definition) is 5. The van der Waals surface area contributed by atoms with E-state index in [-0.39, 0.29) is 0 Å². The molecule has 1 N–H and O–H groups in total. The van der Waals surface area contributed by atoms with Crippen molar-refractivity contribution in [2.75, 3.05) is 12.4 Å². The van der Waals surface area contributed by atoms with Crippen molar-refractivity contribution in [1.82, 2.24) is 24.5 Å². The smallest absolute Gasteiger partial charge is 0.254 e. The summed E-state index contributed by atoms with van der Waals surface area (Å²) in [5, 5.41) is 7.71. The van der Waals surface area contributed by atoms with Gasteiger partial charge < -0.3 is 5.32 Å². The molecule has 0 amide bonds. The molecule has 24 heavy (non-hydrogen) atoms. The van der Waals surface area contributed by atoms with E-state index in [0.717, 1.165) is 24.6 Å². The number of aryl methyl sites for hydroxylation is 1. The predicted octanol–water partition coefficient (Wildman–Crippen LogP) is 2.89. The number of anilines is 1. The van der Waals surface area contributed by atoms with Crippen LogP contribution in [0.15, 0.2) is 36.7 Å². The maximum atomic E-state index is 4.37. The Balaban J connectivity index is 1.80. The molecule has 0 atom stereocenters. The fourth-order valence-electron chi connectivity index (χ4n) is 2.58. The molecule has 0 aliphatic heterocycles. The van der Waals surface area contributed by atoms with Crippen LogP contribution in [0.4, 0.5) is 5.82 Å². The van der Waals surface area contributed by atoms with Gasteiger partial charge in [-0.15, -0.1) is 0 Å². The number of benzene rings is 1. The Morgan fingerprint density at radius 1 is 1.21 bits per heavy atom. The average molecular weight is 324 g/mol. The van der Waals surface area contributed by atoms with Gasteiger partial charge in [0.1, 0.15) is 12.1 Å². The van der Waals surface area contributed by atoms with Gasteiger partial charge >= 0.3 is 0 Å². The van der Waals surface area contributed by atoms with Crippen molar-refractivity contribution in [1.29, 1.82) is 0 Å². The molecule has 1 aromatic carbocycles. The molecule has 0 fully saturated rings. The SMILES string of the molecule is Cc1cc(NCc2ccccc2CN(C)C(C)C)n2ncnc2n1. The minimum Gasteiger partial charge on any atom is -0.366 e. The largest absolute Gasteiger partial charge is 0.366 e. The van der Waals surface area contributed by atoms with Crippen LogP contribution < -0.4 is 5.32 Å². The lowest BCUT2D eigenvalue weighted by Gasteiger charge is -2.22. The van der Waals surface area contributed by atoms with Gasteiger partial charge in [-0.3, -0.25) is 4.90 Å². The van der Waals surface area contributed by atoms with Crippen LogP contribution in [0.5, 0.6) is 0 Å². The molecule has 0 spiro atoms. The van der Waals surface area contributed by atoms with Crippen LogP contribution in [0.2, 0.25) is 0 Å². The lowest BCUT2D eigenvalue weighted by molar-refractivity contribution is 0.265. The molecular formula is C18H24N6. The molecule has 0 bridgehead atoms. The third kappa shape index (κ3) is 3.54. The molecule has 0 radical (unpaired) electrons. The second-order valence-electron chi connectivity index (χ2n) is 6.39. The van der Waals surface area contributed by atoms with E-state index in [2.05, 4.69) is 70.4 Å². The first-order valence-electron chi connectivity index (χ1n) is 8.23. The molecule has 0 saturated heterocycles. The lowest BCUT2D eigenvalue weighted by Crippen LogP contribution is -2.26. The predicted molar refractivity (Wildman–Crippen MR) is 95.9 cm³/mol. The van der Waals surface area contributed by atoms with Crippen LogP contribution in [-0.4, -0.2) is 37.6 Å². The van der Waals surface area contributed by atoms with Crippen LogP contribution in [-0.2, 0) is 13.1 Å². The highest BCUT2D eigenvalue weighted by atomic mass is 15.3. The maximum Gasteiger partial charge on any atom is 0.254 e. The second kappa shape index (κ2) is 6.97. The lowest BCUT2D eigenvalue weighted by atomic mass is 10.1. The zero-order valence-corrected chi connectivity index (χ0v) is 14.7. The quantitative estimate of drug-likeness (QED) is 0.755. The van der Waals surface area contributed by atoms with E-state index in [0.29, 0.717) is 11.8 Å². The van der Waals surface area contributed by atoms with Gasteiger partial charge in [0.25, 0.3) is 5.78 Å². The Morgan fingerprint density at radius 3 is 2.71 bits per heavy atom. The van der Waals surface area contributed by atoms with Crippen molar-refractivity contribution in [3.05, 3.63) is 53.5 Å². The summed E-state index contributed by atoms with van der Waals surface area (Å²) in [4.78, 5) is 10.9. The highest BCUT2D eigenvalue weighted by molar-refractivity contribution is 5.45. The van der Waals surface area contributed by atoms with E-state index in [4.69, 9.17) is 0 Å². The van der Waals surface area contributed by atoms with Gasteiger partial charge in [-0.25, -0.2) is 4.98 Å². The molecule has 3 aromatic rings. The summed E-state index contributed by atoms with van der Waals surface area (Å²) in [5.41, 5.74) is 3.54. The van der Waals surface area contributed by atoms with Gasteiger partial charge in [0.2, 0.25) is 0 Å². The number of fused-ring (bicyclic) bond motifs is 1. The zero-order chi connectivity index (χ0) is 17.1. The number of hydrogen-bond donors (Lipinski definition) is 1. The van der Waals surface area contributed by atoms with Crippen LogP contribution in [0.1, 0.15) is 30.7 Å². The van der Waals surface area contributed by atoms with Gasteiger partial charge in [0.05, 0.1) is 0 Å². The number of rotatable bonds is 6. The van der Waals surface area contributed by atoms with E-state index >= 15 is 0 Å². The van der Waals surface area contributed by atoms with Gasteiger partial charge in [-0.2, -0.15) is 14.6 Å². The van der Waals surface area contributed by atoms with Crippen molar-refractivity contribution in [3.8, 4) is 0 Å². The first-order chi connectivity index (χ1) is 11.5. The Bertz CT molecular complexity index is 823. The number of nitrogens with one attached hydrogen (secondary N) is 1. The standard InChI is InChI=1S/C18H24N6/c1-13(2)23(4)11-16-8-6-5-7-15(16)10-19-17-9-14(3)22-18-20-12-21-24(17)18/h5-9,12-13,19H,10-11H2,1-4H3. The van der Waals surface area contributed by atoms with E-state index < -0.39 is 0 Å². The summed E-state index contributed by atoms with van der Waals surface area (Å²) in [7, 11) is 2.15. The fraction of sp³-hybridized carbons (Fsp3) is 0.389. The number of aromatic nitrogens is 4. The maximum absolute atomic E-state index is 4.37. The first-order valence-corrected chi connectivity index (χ1v) is 8.23. The summed E-state index contributed by atoms with van der Waals surface area (Å²) in [6.45, 7) is 8.06. The van der Waals surface area contributed by atoms with Crippen molar-refractivity contribution in [2.24, 2.45) is 0 Å². The molecule has 0 saturated carbocycles. The highest BCUT2D eigenvalue weighted by Crippen LogP contribution is 2.16. The van der Waals surface area contributed by atoms with Crippen LogP contribution in [0.3, 0.4) is 0 Å². The van der Waals surface area contributed by atoms with Crippen molar-refractivity contribution in [3.63, 3.8) is 0 Å². The van der Waals surface area contributed by atoms with Crippen LogP contribution >= 0.6 is 0 Å². The minimum atomic E-state index is 0.517. The van der Waals surface area contributed by atoms with Crippen molar-refractivity contribution in [2.45, 2.75) is 39.9 Å². The molecule has 6 heteroatoms. The summed E-state index contributed by atoms with van der Waals surface area (Å²) in [6.07, 6.45) is 1.53. The minimum absolute atomic E-state index is 0.517. The Labute approximate surface area is 142 Å². The monoisotopic (exact) mass is 324 g/mol. The topological polar surface area (TPSA) is 58.4 Å². The van der Waals surface area contributed by atoms with Gasteiger partial charge in [0, 0.05) is 30.9 Å². The third-order valence-corrected chi connectivity index (χ3v) is 4.26. The van der Waals surface area contributed by atoms with Gasteiger partial charge in [-0.05, 0) is 38.9 Å². The highest BCUT2D eigenvalue weighted by Gasteiger charge is 2.09. The molecule has 0 aliphatic carbocycles. The van der Waals surface area contributed by atoms with Gasteiger partial charge in [0.15, 0.2) is 0 Å². The zero-order valence-electron chi connectivity index (χ0n) is 14.7.